The van der Waals surface area contributed by atoms with E-state index in [0.29, 0.717) is 0 Å². The molecule has 0 bridgehead atoms. The molecule has 1 aromatic rings. The highest BCUT2D eigenvalue weighted by atomic mass is 19.1. The zero-order valence-corrected chi connectivity index (χ0v) is 10.1. The highest BCUT2D eigenvalue weighted by Crippen LogP contribution is 2.44. The summed E-state index contributed by atoms with van der Waals surface area (Å²) in [5, 5.41) is 9.11. The number of aliphatic hydroxyl groups is 1. The van der Waals surface area contributed by atoms with Crippen molar-refractivity contribution in [3.05, 3.63) is 33.1 Å². The van der Waals surface area contributed by atoms with Crippen LogP contribution in [0, 0.1) is 5.92 Å². The van der Waals surface area contributed by atoms with Gasteiger partial charge in [0, 0.05) is 18.2 Å². The Labute approximate surface area is 124 Å². The van der Waals surface area contributed by atoms with Crippen molar-refractivity contribution in [2.45, 2.75) is 54.1 Å². The van der Waals surface area contributed by atoms with Gasteiger partial charge in [-0.15, -0.1) is 0 Å². The van der Waals surface area contributed by atoms with E-state index < -0.39 is 35.2 Å². The molecule has 0 aromatic carbocycles. The van der Waals surface area contributed by atoms with Crippen LogP contribution in [0.2, 0.25) is 0 Å². The number of aromatic amines is 1. The SMILES string of the molecule is C.C.C.C[C@@H]1[C@@H](CO)O[C@@H](n2ccc(=O)[nH]c2=O)[C@]1(C)F. The van der Waals surface area contributed by atoms with E-state index in [0.717, 1.165) is 10.6 Å². The Balaban J connectivity index is 0. The summed E-state index contributed by atoms with van der Waals surface area (Å²) in [4.78, 5) is 24.6. The van der Waals surface area contributed by atoms with Crippen LogP contribution in [0.3, 0.4) is 0 Å². The van der Waals surface area contributed by atoms with Crippen LogP contribution in [0.1, 0.15) is 42.4 Å². The lowest BCUT2D eigenvalue weighted by Gasteiger charge is -2.25. The van der Waals surface area contributed by atoms with Crippen molar-refractivity contribution >= 4 is 0 Å². The van der Waals surface area contributed by atoms with Crippen LogP contribution in [0.25, 0.3) is 0 Å². The number of aromatic nitrogens is 2. The Morgan fingerprint density at radius 2 is 2.00 bits per heavy atom. The molecule has 0 spiro atoms. The van der Waals surface area contributed by atoms with Crippen molar-refractivity contribution in [3.63, 3.8) is 0 Å². The Bertz CT molecular complexity index is 552. The molecule has 7 heteroatoms. The minimum absolute atomic E-state index is 0. The maximum atomic E-state index is 14.6. The van der Waals surface area contributed by atoms with Crippen molar-refractivity contribution in [1.82, 2.24) is 9.55 Å². The van der Waals surface area contributed by atoms with Gasteiger partial charge in [0.25, 0.3) is 5.56 Å². The van der Waals surface area contributed by atoms with Crippen molar-refractivity contribution in [2.75, 3.05) is 6.61 Å². The van der Waals surface area contributed by atoms with Gasteiger partial charge < -0.3 is 9.84 Å². The minimum atomic E-state index is -1.81. The van der Waals surface area contributed by atoms with E-state index in [9.17, 15) is 14.0 Å². The number of nitrogens with one attached hydrogen (secondary N) is 1. The average molecular weight is 306 g/mol. The summed E-state index contributed by atoms with van der Waals surface area (Å²) in [6, 6.07) is 1.12. The molecule has 21 heavy (non-hydrogen) atoms. The second kappa shape index (κ2) is 7.51. The highest BCUT2D eigenvalue weighted by molar-refractivity contribution is 4.99. The molecule has 124 valence electrons. The summed E-state index contributed by atoms with van der Waals surface area (Å²) >= 11 is 0. The molecule has 2 heterocycles. The number of rotatable bonds is 2. The number of halogens is 1. The van der Waals surface area contributed by atoms with Crippen LogP contribution < -0.4 is 11.2 Å². The monoisotopic (exact) mass is 306 g/mol. The predicted octanol–water partition coefficient (Wildman–Crippen LogP) is 1.70. The zero-order valence-electron chi connectivity index (χ0n) is 10.1. The summed E-state index contributed by atoms with van der Waals surface area (Å²) in [5.74, 6) is -0.564. The fourth-order valence-corrected chi connectivity index (χ4v) is 2.16. The third kappa shape index (κ3) is 3.59. The molecule has 4 atom stereocenters. The normalized spacial score (nSPS) is 30.8. The maximum absolute atomic E-state index is 14.6. The first-order valence-electron chi connectivity index (χ1n) is 5.64. The van der Waals surface area contributed by atoms with Gasteiger partial charge in [0.2, 0.25) is 0 Å². The molecule has 0 radical (unpaired) electrons. The Morgan fingerprint density at radius 1 is 1.43 bits per heavy atom. The van der Waals surface area contributed by atoms with Gasteiger partial charge >= 0.3 is 5.69 Å². The molecule has 0 unspecified atom stereocenters. The van der Waals surface area contributed by atoms with Gasteiger partial charge in [-0.1, -0.05) is 29.2 Å². The standard InChI is InChI=1S/C11H15FN2O4.3CH4/c1-6-7(5-15)18-9(11(6,2)12)14-4-3-8(16)13-10(14)17;;;/h3-4,6-7,9,15H,5H2,1-2H3,(H,13,16,17);3*1H4/t6-,7-,9-,11-;;;/m1.../s1. The number of ether oxygens (including phenoxy) is 1. The van der Waals surface area contributed by atoms with E-state index in [1.165, 1.54) is 13.1 Å². The fraction of sp³-hybridized carbons (Fsp3) is 0.714. The molecule has 6 nitrogen and oxygen atoms in total. The number of nitrogens with zero attached hydrogens (tertiary/aromatic N) is 1. The molecule has 1 aliphatic heterocycles. The molecule has 0 saturated carbocycles. The highest BCUT2D eigenvalue weighted by Gasteiger charge is 2.53. The molecule has 1 saturated heterocycles. The van der Waals surface area contributed by atoms with Gasteiger partial charge in [-0.25, -0.2) is 9.18 Å². The molecule has 0 aliphatic carbocycles. The van der Waals surface area contributed by atoms with Crippen LogP contribution >= 0.6 is 0 Å². The number of aliphatic hydroxyl groups excluding tert-OH is 1. The second-order valence-electron chi connectivity index (χ2n) is 4.67. The van der Waals surface area contributed by atoms with E-state index in [2.05, 4.69) is 0 Å². The van der Waals surface area contributed by atoms with Gasteiger partial charge in [0.15, 0.2) is 11.9 Å². The molecule has 1 aliphatic rings. The van der Waals surface area contributed by atoms with Gasteiger partial charge in [-0.2, -0.15) is 0 Å². The Kier molecular flexibility index (Phi) is 7.81. The lowest BCUT2D eigenvalue weighted by atomic mass is 9.90. The summed E-state index contributed by atoms with van der Waals surface area (Å²) in [6.45, 7) is 2.60. The number of H-pyrrole nitrogens is 1. The average Bonchev–Trinajstić information content (AvgIpc) is 2.52. The van der Waals surface area contributed by atoms with Crippen molar-refractivity contribution in [2.24, 2.45) is 5.92 Å². The Morgan fingerprint density at radius 3 is 2.43 bits per heavy atom. The van der Waals surface area contributed by atoms with Crippen molar-refractivity contribution in [3.8, 4) is 0 Å². The summed E-state index contributed by atoms with van der Waals surface area (Å²) in [7, 11) is 0. The van der Waals surface area contributed by atoms with E-state index in [1.807, 2.05) is 4.98 Å². The van der Waals surface area contributed by atoms with Gasteiger partial charge in [-0.3, -0.25) is 14.3 Å². The van der Waals surface area contributed by atoms with Crippen LogP contribution in [0.15, 0.2) is 21.9 Å². The molecular weight excluding hydrogens is 279 g/mol. The first kappa shape index (κ1) is 21.8. The smallest absolute Gasteiger partial charge is 0.330 e. The predicted molar refractivity (Wildman–Crippen MR) is 81.2 cm³/mol. The summed E-state index contributed by atoms with van der Waals surface area (Å²) in [6.07, 6.45) is -0.645. The van der Waals surface area contributed by atoms with Crippen LogP contribution in [0.4, 0.5) is 4.39 Å². The van der Waals surface area contributed by atoms with Crippen LogP contribution in [-0.2, 0) is 4.74 Å². The third-order valence-corrected chi connectivity index (χ3v) is 3.52. The fourth-order valence-electron chi connectivity index (χ4n) is 2.16. The van der Waals surface area contributed by atoms with Crippen LogP contribution in [-0.4, -0.2) is 33.0 Å². The molecule has 2 rings (SSSR count). The topological polar surface area (TPSA) is 84.3 Å². The van der Waals surface area contributed by atoms with Gasteiger partial charge in [-0.05, 0) is 6.92 Å². The first-order valence-corrected chi connectivity index (χ1v) is 5.64. The quantitative estimate of drug-likeness (QED) is 0.871. The number of alkyl halides is 1. The molecule has 2 N–H and O–H groups in total. The van der Waals surface area contributed by atoms with E-state index >= 15 is 0 Å². The zero-order chi connectivity index (χ0) is 13.5. The molecule has 1 aromatic heterocycles. The van der Waals surface area contributed by atoms with Gasteiger partial charge in [0.05, 0.1) is 12.7 Å². The first-order chi connectivity index (χ1) is 8.37. The summed E-state index contributed by atoms with van der Waals surface area (Å²) in [5.41, 5.74) is -3.10. The number of hydrogen-bond acceptors (Lipinski definition) is 4. The lowest BCUT2D eigenvalue weighted by Crippen LogP contribution is -2.40. The molecule has 1 fully saturated rings. The van der Waals surface area contributed by atoms with E-state index in [4.69, 9.17) is 9.84 Å². The van der Waals surface area contributed by atoms with Crippen molar-refractivity contribution < 1.29 is 14.2 Å². The summed E-state index contributed by atoms with van der Waals surface area (Å²) < 4.78 is 20.9. The van der Waals surface area contributed by atoms with E-state index in [-0.39, 0.29) is 28.9 Å². The molecular formula is C14H27FN2O4. The maximum Gasteiger partial charge on any atom is 0.330 e. The Hall–Kier alpha value is -1.47. The minimum Gasteiger partial charge on any atom is -0.394 e. The largest absolute Gasteiger partial charge is 0.394 e. The second-order valence-corrected chi connectivity index (χ2v) is 4.67. The molecule has 0 amide bonds. The van der Waals surface area contributed by atoms with E-state index in [1.54, 1.807) is 6.92 Å². The third-order valence-electron chi connectivity index (χ3n) is 3.52. The van der Waals surface area contributed by atoms with Crippen molar-refractivity contribution in [1.29, 1.82) is 0 Å². The lowest BCUT2D eigenvalue weighted by molar-refractivity contribution is -0.0611. The van der Waals surface area contributed by atoms with Gasteiger partial charge in [0.1, 0.15) is 0 Å². The number of hydrogen-bond donors (Lipinski definition) is 2. The van der Waals surface area contributed by atoms with Crippen LogP contribution in [0.5, 0.6) is 0 Å².